The van der Waals surface area contributed by atoms with Gasteiger partial charge >= 0.3 is 0 Å². The first-order valence-electron chi connectivity index (χ1n) is 8.49. The zero-order valence-corrected chi connectivity index (χ0v) is 15.4. The van der Waals surface area contributed by atoms with Gasteiger partial charge in [0.05, 0.1) is 0 Å². The second-order valence-electron chi connectivity index (χ2n) is 6.49. The first-order chi connectivity index (χ1) is 12.4. The molecule has 3 rings (SSSR count). The standard InChI is InChI=1S/C21H22N4O/c1-13-6-5-7-17(11-13)23-21-22-16(4)12-19(25-21)20(26)24-18-9-8-14(2)10-15(18)3/h5-12H,1-4H3,(H,24,26)(H,22,23,25). The summed E-state index contributed by atoms with van der Waals surface area (Å²) in [6.07, 6.45) is 0. The SMILES string of the molecule is Cc1cccc(Nc2nc(C)cc(C(=O)Nc3ccc(C)cc3C)n2)c1. The van der Waals surface area contributed by atoms with Gasteiger partial charge in [-0.15, -0.1) is 0 Å². The van der Waals surface area contributed by atoms with Crippen LogP contribution in [0, 0.1) is 27.7 Å². The van der Waals surface area contributed by atoms with E-state index in [1.165, 1.54) is 0 Å². The second kappa shape index (κ2) is 7.35. The van der Waals surface area contributed by atoms with Gasteiger partial charge in [0, 0.05) is 17.1 Å². The molecule has 132 valence electrons. The Kier molecular flexibility index (Phi) is 4.98. The summed E-state index contributed by atoms with van der Waals surface area (Å²) in [5.74, 6) is 0.149. The molecule has 5 heteroatoms. The van der Waals surface area contributed by atoms with Crippen LogP contribution in [0.1, 0.15) is 32.9 Å². The molecule has 3 aromatic rings. The maximum absolute atomic E-state index is 12.6. The van der Waals surface area contributed by atoms with Crippen LogP contribution in [0.25, 0.3) is 0 Å². The van der Waals surface area contributed by atoms with E-state index in [2.05, 4.69) is 20.6 Å². The minimum Gasteiger partial charge on any atom is -0.324 e. The Morgan fingerprint density at radius 3 is 2.38 bits per heavy atom. The number of hydrogen-bond donors (Lipinski definition) is 2. The third kappa shape index (κ3) is 4.25. The summed E-state index contributed by atoms with van der Waals surface area (Å²) in [4.78, 5) is 21.4. The summed E-state index contributed by atoms with van der Waals surface area (Å²) < 4.78 is 0. The average molecular weight is 346 g/mol. The number of carbonyl (C=O) groups is 1. The molecule has 1 heterocycles. The van der Waals surface area contributed by atoms with Crippen LogP contribution in [-0.2, 0) is 0 Å². The van der Waals surface area contributed by atoms with Crippen LogP contribution in [0.4, 0.5) is 17.3 Å². The fourth-order valence-electron chi connectivity index (χ4n) is 2.73. The van der Waals surface area contributed by atoms with Crippen LogP contribution in [0.3, 0.4) is 0 Å². The summed E-state index contributed by atoms with van der Waals surface area (Å²) in [5.41, 5.74) is 6.02. The summed E-state index contributed by atoms with van der Waals surface area (Å²) >= 11 is 0. The van der Waals surface area contributed by atoms with Crippen molar-refractivity contribution in [3.05, 3.63) is 76.6 Å². The molecule has 0 unspecified atom stereocenters. The Hall–Kier alpha value is -3.21. The summed E-state index contributed by atoms with van der Waals surface area (Å²) in [5, 5.41) is 6.09. The summed E-state index contributed by atoms with van der Waals surface area (Å²) in [6, 6.07) is 15.5. The van der Waals surface area contributed by atoms with Crippen molar-refractivity contribution in [1.82, 2.24) is 9.97 Å². The molecular weight excluding hydrogens is 324 g/mol. The van der Waals surface area contributed by atoms with Gasteiger partial charge in [-0.05, 0) is 63.1 Å². The van der Waals surface area contributed by atoms with Crippen LogP contribution in [0.15, 0.2) is 48.5 Å². The molecule has 0 radical (unpaired) electrons. The molecule has 0 atom stereocenters. The zero-order chi connectivity index (χ0) is 18.7. The Balaban J connectivity index is 1.83. The highest BCUT2D eigenvalue weighted by Gasteiger charge is 2.12. The highest BCUT2D eigenvalue weighted by molar-refractivity contribution is 6.03. The summed E-state index contributed by atoms with van der Waals surface area (Å²) in [6.45, 7) is 7.86. The van der Waals surface area contributed by atoms with Gasteiger partial charge in [-0.3, -0.25) is 4.79 Å². The normalized spacial score (nSPS) is 10.5. The Morgan fingerprint density at radius 2 is 1.65 bits per heavy atom. The molecule has 0 spiro atoms. The maximum Gasteiger partial charge on any atom is 0.274 e. The number of nitrogens with zero attached hydrogens (tertiary/aromatic N) is 2. The van der Waals surface area contributed by atoms with Gasteiger partial charge in [-0.1, -0.05) is 29.8 Å². The van der Waals surface area contributed by atoms with Crippen molar-refractivity contribution in [2.45, 2.75) is 27.7 Å². The van der Waals surface area contributed by atoms with Crippen molar-refractivity contribution < 1.29 is 4.79 Å². The molecule has 0 aliphatic carbocycles. The number of nitrogens with one attached hydrogen (secondary N) is 2. The number of aryl methyl sites for hydroxylation is 4. The maximum atomic E-state index is 12.6. The quantitative estimate of drug-likeness (QED) is 0.718. The van der Waals surface area contributed by atoms with E-state index in [9.17, 15) is 4.79 Å². The van der Waals surface area contributed by atoms with Gasteiger partial charge < -0.3 is 10.6 Å². The molecule has 1 aromatic heterocycles. The Morgan fingerprint density at radius 1 is 0.885 bits per heavy atom. The van der Waals surface area contributed by atoms with Crippen LogP contribution in [0.5, 0.6) is 0 Å². The fourth-order valence-corrected chi connectivity index (χ4v) is 2.73. The van der Waals surface area contributed by atoms with Crippen molar-refractivity contribution in [2.24, 2.45) is 0 Å². The van der Waals surface area contributed by atoms with Gasteiger partial charge in [-0.25, -0.2) is 9.97 Å². The molecular formula is C21H22N4O. The summed E-state index contributed by atoms with van der Waals surface area (Å²) in [7, 11) is 0. The number of rotatable bonds is 4. The molecule has 1 amide bonds. The number of carbonyl (C=O) groups excluding carboxylic acids is 1. The molecule has 0 fully saturated rings. The lowest BCUT2D eigenvalue weighted by molar-refractivity contribution is 0.102. The fraction of sp³-hybridized carbons (Fsp3) is 0.190. The number of hydrogen-bond acceptors (Lipinski definition) is 4. The van der Waals surface area contributed by atoms with E-state index in [1.807, 2.05) is 70.2 Å². The van der Waals surface area contributed by atoms with Crippen LogP contribution in [0.2, 0.25) is 0 Å². The average Bonchev–Trinajstić information content (AvgIpc) is 2.57. The van der Waals surface area contributed by atoms with E-state index in [4.69, 9.17) is 0 Å². The van der Waals surface area contributed by atoms with Crippen LogP contribution >= 0.6 is 0 Å². The molecule has 2 aromatic carbocycles. The van der Waals surface area contributed by atoms with E-state index in [0.717, 1.165) is 33.8 Å². The van der Waals surface area contributed by atoms with Crippen molar-refractivity contribution in [1.29, 1.82) is 0 Å². The van der Waals surface area contributed by atoms with E-state index in [1.54, 1.807) is 6.07 Å². The molecule has 0 saturated heterocycles. The Bertz CT molecular complexity index is 966. The van der Waals surface area contributed by atoms with E-state index in [-0.39, 0.29) is 5.91 Å². The zero-order valence-electron chi connectivity index (χ0n) is 15.4. The number of benzene rings is 2. The first-order valence-corrected chi connectivity index (χ1v) is 8.49. The van der Waals surface area contributed by atoms with Crippen molar-refractivity contribution in [3.8, 4) is 0 Å². The molecule has 26 heavy (non-hydrogen) atoms. The highest BCUT2D eigenvalue weighted by atomic mass is 16.1. The van der Waals surface area contributed by atoms with Gasteiger partial charge in [0.1, 0.15) is 5.69 Å². The molecule has 0 saturated carbocycles. The highest BCUT2D eigenvalue weighted by Crippen LogP contribution is 2.18. The van der Waals surface area contributed by atoms with Crippen molar-refractivity contribution in [3.63, 3.8) is 0 Å². The smallest absolute Gasteiger partial charge is 0.274 e. The van der Waals surface area contributed by atoms with Gasteiger partial charge in [0.15, 0.2) is 0 Å². The molecule has 0 aliphatic heterocycles. The Labute approximate surface area is 153 Å². The molecule has 0 bridgehead atoms. The topological polar surface area (TPSA) is 66.9 Å². The number of amides is 1. The van der Waals surface area contributed by atoms with Crippen molar-refractivity contribution in [2.75, 3.05) is 10.6 Å². The largest absolute Gasteiger partial charge is 0.324 e. The predicted molar refractivity (Wildman–Crippen MR) is 105 cm³/mol. The lowest BCUT2D eigenvalue weighted by Crippen LogP contribution is -2.16. The third-order valence-corrected chi connectivity index (χ3v) is 3.99. The minimum absolute atomic E-state index is 0.255. The van der Waals surface area contributed by atoms with Crippen molar-refractivity contribution >= 4 is 23.2 Å². The minimum atomic E-state index is -0.255. The predicted octanol–water partition coefficient (Wildman–Crippen LogP) is 4.71. The lowest BCUT2D eigenvalue weighted by Gasteiger charge is -2.11. The van der Waals surface area contributed by atoms with Gasteiger partial charge in [0.25, 0.3) is 5.91 Å². The molecule has 2 N–H and O–H groups in total. The van der Waals surface area contributed by atoms with Crippen LogP contribution in [-0.4, -0.2) is 15.9 Å². The molecule has 0 aliphatic rings. The van der Waals surface area contributed by atoms with E-state index >= 15 is 0 Å². The number of aromatic nitrogens is 2. The lowest BCUT2D eigenvalue weighted by atomic mass is 10.1. The van der Waals surface area contributed by atoms with Gasteiger partial charge in [-0.2, -0.15) is 0 Å². The molecule has 5 nitrogen and oxygen atoms in total. The van der Waals surface area contributed by atoms with Gasteiger partial charge in [0.2, 0.25) is 5.95 Å². The van der Waals surface area contributed by atoms with E-state index in [0.29, 0.717) is 11.6 Å². The first kappa shape index (κ1) is 17.6. The monoisotopic (exact) mass is 346 g/mol. The second-order valence-corrected chi connectivity index (χ2v) is 6.49. The van der Waals surface area contributed by atoms with Crippen LogP contribution < -0.4 is 10.6 Å². The number of anilines is 3. The van der Waals surface area contributed by atoms with E-state index < -0.39 is 0 Å². The third-order valence-electron chi connectivity index (χ3n) is 3.99.